The molecule has 0 amide bonds. The van der Waals surface area contributed by atoms with Gasteiger partial charge < -0.3 is 4.74 Å². The van der Waals surface area contributed by atoms with Crippen molar-refractivity contribution in [1.29, 1.82) is 0 Å². The number of hydrogen-bond acceptors (Lipinski definition) is 2. The van der Waals surface area contributed by atoms with Gasteiger partial charge in [-0.2, -0.15) is 0 Å². The third kappa shape index (κ3) is 4.17. The zero-order chi connectivity index (χ0) is 19.5. The van der Waals surface area contributed by atoms with E-state index in [9.17, 15) is 0 Å². The van der Waals surface area contributed by atoms with E-state index in [1.807, 2.05) is 24.3 Å². The van der Waals surface area contributed by atoms with Crippen molar-refractivity contribution in [2.75, 3.05) is 0 Å². The highest BCUT2D eigenvalue weighted by atomic mass is 16.5. The highest BCUT2D eigenvalue weighted by Crippen LogP contribution is 2.32. The topological polar surface area (TPSA) is 22.1 Å². The van der Waals surface area contributed by atoms with Crippen molar-refractivity contribution in [1.82, 2.24) is 4.98 Å². The molecule has 29 heavy (non-hydrogen) atoms. The highest BCUT2D eigenvalue weighted by molar-refractivity contribution is 5.78. The third-order valence-corrected chi connectivity index (χ3v) is 5.57. The Labute approximate surface area is 172 Å². The zero-order valence-electron chi connectivity index (χ0n) is 16.3. The Hall–Kier alpha value is -3.13. The molecule has 1 aromatic heterocycles. The number of nitrogens with zero attached hydrogens (tertiary/aromatic N) is 1. The van der Waals surface area contributed by atoms with Gasteiger partial charge in [0.25, 0.3) is 0 Å². The molecule has 0 saturated carbocycles. The van der Waals surface area contributed by atoms with Gasteiger partial charge in [0, 0.05) is 11.8 Å². The standard InChI is InChI=1S/C27H23NO/c1-2-6-20(7-3-1)16-21-10-11-22-13-15-26(18-24(22)17-21)29-19-25-14-12-23-8-4-5-9-27(23)28-25/h1-9,12-15,18,21H,10-11,16,19H2/t21-/m0/s1. The molecule has 2 radical (unpaired) electrons. The summed E-state index contributed by atoms with van der Waals surface area (Å²) in [7, 11) is 0. The van der Waals surface area contributed by atoms with Crippen molar-refractivity contribution in [2.45, 2.75) is 25.9 Å². The zero-order valence-corrected chi connectivity index (χ0v) is 16.3. The first-order valence-corrected chi connectivity index (χ1v) is 10.2. The number of fused-ring (bicyclic) bond motifs is 2. The van der Waals surface area contributed by atoms with Crippen LogP contribution in [0.15, 0.2) is 84.9 Å². The number of pyridine rings is 1. The minimum Gasteiger partial charge on any atom is -0.487 e. The van der Waals surface area contributed by atoms with Gasteiger partial charge in [-0.05, 0) is 66.1 Å². The fourth-order valence-electron chi connectivity index (χ4n) is 4.02. The number of rotatable bonds is 5. The number of para-hydroxylation sites is 1. The van der Waals surface area contributed by atoms with E-state index < -0.39 is 0 Å². The fourth-order valence-corrected chi connectivity index (χ4v) is 4.02. The second-order valence-electron chi connectivity index (χ2n) is 7.67. The molecule has 5 rings (SSSR count). The monoisotopic (exact) mass is 377 g/mol. The quantitative estimate of drug-likeness (QED) is 0.422. The average molecular weight is 377 g/mol. The van der Waals surface area contributed by atoms with Crippen molar-refractivity contribution in [2.24, 2.45) is 5.92 Å². The summed E-state index contributed by atoms with van der Waals surface area (Å²) in [5.74, 6) is 1.34. The van der Waals surface area contributed by atoms with Crippen molar-refractivity contribution >= 4 is 10.9 Å². The summed E-state index contributed by atoms with van der Waals surface area (Å²) in [5.41, 5.74) is 5.88. The first-order valence-electron chi connectivity index (χ1n) is 10.2. The van der Waals surface area contributed by atoms with Gasteiger partial charge in [0.1, 0.15) is 12.4 Å². The summed E-state index contributed by atoms with van der Waals surface area (Å²) >= 11 is 0. The summed E-state index contributed by atoms with van der Waals surface area (Å²) in [6, 6.07) is 29.4. The molecule has 1 heterocycles. The van der Waals surface area contributed by atoms with Crippen LogP contribution in [0.1, 0.15) is 28.8 Å². The Bertz CT molecular complexity index is 1120. The van der Waals surface area contributed by atoms with Crippen LogP contribution in [0.4, 0.5) is 0 Å². The Balaban J connectivity index is 1.27. The van der Waals surface area contributed by atoms with Crippen molar-refractivity contribution in [3.8, 4) is 5.75 Å². The van der Waals surface area contributed by atoms with Gasteiger partial charge in [-0.25, -0.2) is 4.98 Å². The third-order valence-electron chi connectivity index (χ3n) is 5.57. The lowest BCUT2D eigenvalue weighted by Gasteiger charge is -2.24. The van der Waals surface area contributed by atoms with Gasteiger partial charge in [-0.15, -0.1) is 0 Å². The van der Waals surface area contributed by atoms with Gasteiger partial charge >= 0.3 is 0 Å². The van der Waals surface area contributed by atoms with E-state index in [1.54, 1.807) is 0 Å². The molecule has 0 unspecified atom stereocenters. The Morgan fingerprint density at radius 2 is 1.76 bits per heavy atom. The second-order valence-corrected chi connectivity index (χ2v) is 7.67. The van der Waals surface area contributed by atoms with Crippen molar-refractivity contribution in [3.63, 3.8) is 0 Å². The first kappa shape index (κ1) is 17.9. The van der Waals surface area contributed by atoms with Gasteiger partial charge in [-0.1, -0.05) is 60.7 Å². The lowest BCUT2D eigenvalue weighted by atomic mass is 9.81. The van der Waals surface area contributed by atoms with Gasteiger partial charge in [0.05, 0.1) is 11.2 Å². The van der Waals surface area contributed by atoms with Crippen LogP contribution >= 0.6 is 0 Å². The Morgan fingerprint density at radius 1 is 0.897 bits per heavy atom. The van der Waals surface area contributed by atoms with E-state index in [1.165, 1.54) is 16.7 Å². The van der Waals surface area contributed by atoms with Gasteiger partial charge in [-0.3, -0.25) is 0 Å². The summed E-state index contributed by atoms with van der Waals surface area (Å²) in [6.45, 7) is 0.469. The molecular weight excluding hydrogens is 354 g/mol. The molecule has 0 N–H and O–H groups in total. The first-order chi connectivity index (χ1) is 14.3. The summed E-state index contributed by atoms with van der Waals surface area (Å²) in [5, 5.41) is 1.15. The molecule has 2 heteroatoms. The largest absolute Gasteiger partial charge is 0.487 e. The number of aryl methyl sites for hydroxylation is 1. The highest BCUT2D eigenvalue weighted by Gasteiger charge is 2.20. The van der Waals surface area contributed by atoms with Gasteiger partial charge in [0.15, 0.2) is 0 Å². The fraction of sp³-hybridized carbons (Fsp3) is 0.185. The van der Waals surface area contributed by atoms with E-state index in [0.29, 0.717) is 12.5 Å². The molecule has 0 bridgehead atoms. The maximum atomic E-state index is 6.06. The minimum atomic E-state index is 0.460. The summed E-state index contributed by atoms with van der Waals surface area (Å²) in [4.78, 5) is 4.70. The molecule has 0 fully saturated rings. The smallest absolute Gasteiger partial charge is 0.130 e. The van der Waals surface area contributed by atoms with Crippen LogP contribution in [0.5, 0.6) is 5.75 Å². The van der Waals surface area contributed by atoms with Crippen LogP contribution < -0.4 is 4.74 Å². The van der Waals surface area contributed by atoms with Crippen LogP contribution in [0.2, 0.25) is 0 Å². The SMILES string of the molecule is [C]1c2cc(OCc3ccc4ccccc4n3)ccc2CC[C@H]1Cc1ccccc1. The molecule has 1 atom stereocenters. The van der Waals surface area contributed by atoms with Crippen LogP contribution in [0.3, 0.4) is 0 Å². The Morgan fingerprint density at radius 3 is 2.69 bits per heavy atom. The molecule has 4 aromatic rings. The molecule has 2 nitrogen and oxygen atoms in total. The predicted molar refractivity (Wildman–Crippen MR) is 117 cm³/mol. The molecule has 0 saturated heterocycles. The lowest BCUT2D eigenvalue weighted by molar-refractivity contribution is 0.301. The maximum Gasteiger partial charge on any atom is 0.130 e. The van der Waals surface area contributed by atoms with Crippen LogP contribution in [0.25, 0.3) is 10.9 Å². The second kappa shape index (κ2) is 8.08. The van der Waals surface area contributed by atoms with E-state index >= 15 is 0 Å². The maximum absolute atomic E-state index is 6.06. The number of hydrogen-bond donors (Lipinski definition) is 0. The molecular formula is C27H23NO. The Kier molecular flexibility index (Phi) is 5.00. The lowest BCUT2D eigenvalue weighted by Crippen LogP contribution is -2.14. The van der Waals surface area contributed by atoms with Gasteiger partial charge in [0.2, 0.25) is 0 Å². The number of ether oxygens (including phenoxy) is 1. The molecule has 142 valence electrons. The number of benzene rings is 3. The predicted octanol–water partition coefficient (Wildman–Crippen LogP) is 6.05. The van der Waals surface area contributed by atoms with E-state index in [0.717, 1.165) is 41.6 Å². The summed E-state index contributed by atoms with van der Waals surface area (Å²) < 4.78 is 6.06. The normalized spacial score (nSPS) is 15.8. The van der Waals surface area contributed by atoms with E-state index in [2.05, 4.69) is 67.1 Å². The molecule has 1 aliphatic rings. The van der Waals surface area contributed by atoms with E-state index in [-0.39, 0.29) is 0 Å². The average Bonchev–Trinajstić information content (AvgIpc) is 2.78. The van der Waals surface area contributed by atoms with Crippen molar-refractivity contribution in [3.05, 3.63) is 114 Å². The van der Waals surface area contributed by atoms with Crippen LogP contribution in [0, 0.1) is 12.3 Å². The molecule has 0 aliphatic heterocycles. The summed E-state index contributed by atoms with van der Waals surface area (Å²) in [6.07, 6.45) is 7.02. The van der Waals surface area contributed by atoms with Crippen LogP contribution in [-0.2, 0) is 19.4 Å². The number of aromatic nitrogens is 1. The molecule has 0 spiro atoms. The minimum absolute atomic E-state index is 0.460. The van der Waals surface area contributed by atoms with E-state index in [4.69, 9.17) is 9.72 Å². The van der Waals surface area contributed by atoms with Crippen molar-refractivity contribution < 1.29 is 4.74 Å². The van der Waals surface area contributed by atoms with Crippen LogP contribution in [-0.4, -0.2) is 4.98 Å². The molecule has 1 aliphatic carbocycles. The molecule has 3 aromatic carbocycles.